The molecular formula is C12H17Br3Cl2O2. The number of carbonyl (C=O) groups excluding carboxylic acids is 1. The lowest BCUT2D eigenvalue weighted by molar-refractivity contribution is -0.147. The Morgan fingerprint density at radius 1 is 1.42 bits per heavy atom. The zero-order valence-electron chi connectivity index (χ0n) is 10.9. The Balaban J connectivity index is 4.84. The van der Waals surface area contributed by atoms with Gasteiger partial charge in [0.15, 0.2) is 0 Å². The Bertz CT molecular complexity index is 333. The minimum Gasteiger partial charge on any atom is -0.461 e. The van der Waals surface area contributed by atoms with E-state index in [9.17, 15) is 4.79 Å². The van der Waals surface area contributed by atoms with Crippen LogP contribution in [0.15, 0.2) is 11.6 Å². The predicted octanol–water partition coefficient (Wildman–Crippen LogP) is 5.37. The standard InChI is InChI=1S/C12H17Br3Cl2O2/c1-7(10(17)11(13)14)4-5-9(19-8(2)18)12(3,15)6-16/h4,9-11H,5-6H2,1-3H3. The van der Waals surface area contributed by atoms with E-state index >= 15 is 0 Å². The fourth-order valence-electron chi connectivity index (χ4n) is 1.31. The lowest BCUT2D eigenvalue weighted by Crippen LogP contribution is -2.38. The minimum atomic E-state index is -0.471. The van der Waals surface area contributed by atoms with Crippen LogP contribution in [0.4, 0.5) is 0 Å². The highest BCUT2D eigenvalue weighted by Crippen LogP contribution is 2.30. The monoisotopic (exact) mass is 500 g/mol. The van der Waals surface area contributed by atoms with Gasteiger partial charge in [0, 0.05) is 19.2 Å². The molecule has 0 bridgehead atoms. The molecule has 0 aromatic carbocycles. The van der Waals surface area contributed by atoms with E-state index < -0.39 is 4.32 Å². The molecule has 112 valence electrons. The van der Waals surface area contributed by atoms with Crippen molar-refractivity contribution < 1.29 is 9.53 Å². The van der Waals surface area contributed by atoms with Gasteiger partial charge in [0.05, 0.1) is 13.4 Å². The molecule has 7 heteroatoms. The molecule has 0 aliphatic carbocycles. The second kappa shape index (κ2) is 9.29. The average Bonchev–Trinajstić information content (AvgIpc) is 2.32. The second-order valence-corrected chi connectivity index (χ2v) is 10.2. The van der Waals surface area contributed by atoms with E-state index in [1.807, 2.05) is 19.9 Å². The molecule has 3 atom stereocenters. The summed E-state index contributed by atoms with van der Waals surface area (Å²) in [7, 11) is 0. The van der Waals surface area contributed by atoms with E-state index in [0.29, 0.717) is 12.3 Å². The number of ether oxygens (including phenoxy) is 1. The van der Waals surface area contributed by atoms with Crippen molar-refractivity contribution in [1.82, 2.24) is 0 Å². The molecule has 0 saturated heterocycles. The number of allylic oxidation sites excluding steroid dienone is 1. The number of hydrogen-bond acceptors (Lipinski definition) is 2. The van der Waals surface area contributed by atoms with E-state index in [4.69, 9.17) is 27.9 Å². The fourth-order valence-corrected chi connectivity index (χ4v) is 2.68. The van der Waals surface area contributed by atoms with Gasteiger partial charge in [-0.2, -0.15) is 0 Å². The van der Waals surface area contributed by atoms with Gasteiger partial charge in [0.25, 0.3) is 0 Å². The van der Waals surface area contributed by atoms with Gasteiger partial charge >= 0.3 is 5.97 Å². The summed E-state index contributed by atoms with van der Waals surface area (Å²) in [4.78, 5) is 11.2. The molecule has 2 nitrogen and oxygen atoms in total. The quantitative estimate of drug-likeness (QED) is 0.265. The van der Waals surface area contributed by atoms with Gasteiger partial charge in [-0.15, -0.1) is 23.2 Å². The van der Waals surface area contributed by atoms with E-state index in [0.717, 1.165) is 5.57 Å². The Morgan fingerprint density at radius 3 is 2.32 bits per heavy atom. The van der Waals surface area contributed by atoms with Crippen molar-refractivity contribution >= 4 is 77.0 Å². The Kier molecular flexibility index (Phi) is 9.89. The van der Waals surface area contributed by atoms with Crippen molar-refractivity contribution in [3.05, 3.63) is 11.6 Å². The van der Waals surface area contributed by atoms with Gasteiger partial charge < -0.3 is 4.74 Å². The summed E-state index contributed by atoms with van der Waals surface area (Å²) in [6.45, 7) is 5.22. The molecule has 0 aromatic rings. The predicted molar refractivity (Wildman–Crippen MR) is 93.3 cm³/mol. The van der Waals surface area contributed by atoms with Gasteiger partial charge in [-0.25, -0.2) is 0 Å². The minimum absolute atomic E-state index is 0.00604. The summed E-state index contributed by atoms with van der Waals surface area (Å²) in [5, 5.41) is -0.171. The molecule has 0 fully saturated rings. The third-order valence-corrected chi connectivity index (χ3v) is 6.48. The van der Waals surface area contributed by atoms with Crippen LogP contribution in [0.2, 0.25) is 0 Å². The van der Waals surface area contributed by atoms with E-state index in [1.165, 1.54) is 6.92 Å². The Morgan fingerprint density at radius 2 is 1.95 bits per heavy atom. The number of halogens is 5. The molecule has 0 spiro atoms. The number of carbonyl (C=O) groups is 1. The molecule has 0 heterocycles. The van der Waals surface area contributed by atoms with Crippen LogP contribution in [-0.2, 0) is 9.53 Å². The van der Waals surface area contributed by atoms with Crippen LogP contribution in [0.1, 0.15) is 27.2 Å². The molecule has 0 amide bonds. The van der Waals surface area contributed by atoms with Crippen LogP contribution in [-0.4, -0.2) is 31.4 Å². The Labute approximate surface area is 150 Å². The molecular weight excluding hydrogens is 487 g/mol. The van der Waals surface area contributed by atoms with Gasteiger partial charge in [0.1, 0.15) is 6.10 Å². The SMILES string of the molecule is CC(=O)OC(CC=C(C)C(Cl)C(Br)Br)C(C)(Br)CCl. The highest BCUT2D eigenvalue weighted by Gasteiger charge is 2.33. The summed E-state index contributed by atoms with van der Waals surface area (Å²) >= 11 is 22.3. The van der Waals surface area contributed by atoms with Crippen molar-refractivity contribution in [3.8, 4) is 0 Å². The molecule has 0 aliphatic rings. The van der Waals surface area contributed by atoms with Crippen molar-refractivity contribution in [1.29, 1.82) is 0 Å². The van der Waals surface area contributed by atoms with Crippen LogP contribution in [0.3, 0.4) is 0 Å². The molecule has 19 heavy (non-hydrogen) atoms. The lowest BCUT2D eigenvalue weighted by Gasteiger charge is -2.29. The Hall–Kier alpha value is 1.23. The summed E-state index contributed by atoms with van der Waals surface area (Å²) in [5.74, 6) is 0.00916. The third-order valence-electron chi connectivity index (χ3n) is 2.55. The van der Waals surface area contributed by atoms with Crippen molar-refractivity contribution in [2.24, 2.45) is 0 Å². The first kappa shape index (κ1) is 20.2. The van der Waals surface area contributed by atoms with Crippen molar-refractivity contribution in [2.75, 3.05) is 5.88 Å². The highest BCUT2D eigenvalue weighted by atomic mass is 79.9. The number of esters is 1. The topological polar surface area (TPSA) is 26.3 Å². The summed E-state index contributed by atoms with van der Waals surface area (Å²) in [6.07, 6.45) is 2.17. The number of hydrogen-bond donors (Lipinski definition) is 0. The zero-order chi connectivity index (χ0) is 15.2. The molecule has 0 aromatic heterocycles. The first-order valence-electron chi connectivity index (χ1n) is 5.62. The zero-order valence-corrected chi connectivity index (χ0v) is 17.2. The van der Waals surface area contributed by atoms with Gasteiger partial charge in [-0.3, -0.25) is 4.79 Å². The number of alkyl halides is 5. The van der Waals surface area contributed by atoms with Gasteiger partial charge in [-0.1, -0.05) is 59.4 Å². The first-order valence-corrected chi connectivity index (χ1v) is 9.22. The fraction of sp³-hybridized carbons (Fsp3) is 0.750. The van der Waals surface area contributed by atoms with E-state index in [-0.39, 0.29) is 21.2 Å². The first-order chi connectivity index (χ1) is 8.61. The van der Waals surface area contributed by atoms with Gasteiger partial charge in [0.2, 0.25) is 0 Å². The molecule has 0 aliphatic heterocycles. The molecule has 3 unspecified atom stereocenters. The van der Waals surface area contributed by atoms with E-state index in [1.54, 1.807) is 0 Å². The van der Waals surface area contributed by atoms with Crippen molar-refractivity contribution in [3.63, 3.8) is 0 Å². The third kappa shape index (κ3) is 7.70. The smallest absolute Gasteiger partial charge is 0.302 e. The molecule has 0 radical (unpaired) electrons. The maximum Gasteiger partial charge on any atom is 0.302 e. The maximum absolute atomic E-state index is 11.2. The number of rotatable bonds is 7. The van der Waals surface area contributed by atoms with Crippen LogP contribution in [0, 0.1) is 0 Å². The van der Waals surface area contributed by atoms with Crippen LogP contribution in [0.25, 0.3) is 0 Å². The maximum atomic E-state index is 11.2. The molecule has 0 saturated carbocycles. The summed E-state index contributed by atoms with van der Waals surface area (Å²) in [6, 6.07) is 0. The average molecular weight is 504 g/mol. The van der Waals surface area contributed by atoms with Crippen LogP contribution in [0.5, 0.6) is 0 Å². The summed E-state index contributed by atoms with van der Waals surface area (Å²) in [5.41, 5.74) is 0.996. The van der Waals surface area contributed by atoms with Gasteiger partial charge in [-0.05, 0) is 13.8 Å². The lowest BCUT2D eigenvalue weighted by atomic mass is 10.0. The van der Waals surface area contributed by atoms with E-state index in [2.05, 4.69) is 47.8 Å². The normalized spacial score (nSPS) is 18.9. The molecule has 0 N–H and O–H groups in total. The largest absolute Gasteiger partial charge is 0.461 e. The molecule has 0 rings (SSSR count). The van der Waals surface area contributed by atoms with Crippen molar-refractivity contribution in [2.45, 2.75) is 46.7 Å². The highest BCUT2D eigenvalue weighted by molar-refractivity contribution is 9.24. The van der Waals surface area contributed by atoms with Crippen LogP contribution < -0.4 is 0 Å². The van der Waals surface area contributed by atoms with Crippen LogP contribution >= 0.6 is 71.0 Å². The summed E-state index contributed by atoms with van der Waals surface area (Å²) < 4.78 is 4.84. The second-order valence-electron chi connectivity index (χ2n) is 4.43.